The second kappa shape index (κ2) is 5.79. The molecule has 0 spiro atoms. The van der Waals surface area contributed by atoms with Gasteiger partial charge >= 0.3 is 0 Å². The van der Waals surface area contributed by atoms with Crippen LogP contribution in [-0.2, 0) is 0 Å². The van der Waals surface area contributed by atoms with Gasteiger partial charge in [0, 0.05) is 26.2 Å². The highest BCUT2D eigenvalue weighted by Crippen LogP contribution is 2.28. The van der Waals surface area contributed by atoms with Gasteiger partial charge in [0.15, 0.2) is 5.96 Å². The number of nitrogens with zero attached hydrogens (tertiary/aromatic N) is 2. The van der Waals surface area contributed by atoms with Crippen LogP contribution in [-0.4, -0.2) is 48.9 Å². The summed E-state index contributed by atoms with van der Waals surface area (Å²) in [6, 6.07) is 7.41. The highest BCUT2D eigenvalue weighted by molar-refractivity contribution is 6.21. The SMILES string of the molecule is CN=C(NCCN1C(=O)c2ccccc2C1=O)NC1CC1C. The largest absolute Gasteiger partial charge is 0.355 e. The summed E-state index contributed by atoms with van der Waals surface area (Å²) >= 11 is 0. The van der Waals surface area contributed by atoms with E-state index in [9.17, 15) is 9.59 Å². The third-order valence-corrected chi connectivity index (χ3v) is 4.16. The minimum atomic E-state index is -0.221. The molecule has 2 atom stereocenters. The fraction of sp³-hybridized carbons (Fsp3) is 0.438. The van der Waals surface area contributed by atoms with Crippen LogP contribution in [0.4, 0.5) is 0 Å². The molecule has 1 heterocycles. The van der Waals surface area contributed by atoms with Gasteiger partial charge in [-0.15, -0.1) is 0 Å². The number of fused-ring (bicyclic) bond motifs is 1. The van der Waals surface area contributed by atoms with E-state index in [4.69, 9.17) is 0 Å². The minimum Gasteiger partial charge on any atom is -0.355 e. The maximum absolute atomic E-state index is 12.2. The van der Waals surface area contributed by atoms with Crippen LogP contribution >= 0.6 is 0 Å². The maximum Gasteiger partial charge on any atom is 0.261 e. The second-order valence-corrected chi connectivity index (χ2v) is 5.77. The first-order chi connectivity index (χ1) is 10.6. The van der Waals surface area contributed by atoms with E-state index in [1.165, 1.54) is 4.90 Å². The van der Waals surface area contributed by atoms with Crippen molar-refractivity contribution in [2.75, 3.05) is 20.1 Å². The molecule has 6 heteroatoms. The minimum absolute atomic E-state index is 0.221. The van der Waals surface area contributed by atoms with Crippen LogP contribution in [0.2, 0.25) is 0 Å². The lowest BCUT2D eigenvalue weighted by atomic mass is 10.1. The van der Waals surface area contributed by atoms with Crippen LogP contribution in [0.1, 0.15) is 34.1 Å². The Balaban J connectivity index is 1.54. The van der Waals surface area contributed by atoms with Gasteiger partial charge in [0.05, 0.1) is 11.1 Å². The lowest BCUT2D eigenvalue weighted by Crippen LogP contribution is -2.43. The smallest absolute Gasteiger partial charge is 0.261 e. The van der Waals surface area contributed by atoms with Crippen molar-refractivity contribution >= 4 is 17.8 Å². The quantitative estimate of drug-likeness (QED) is 0.491. The number of benzene rings is 1. The van der Waals surface area contributed by atoms with Gasteiger partial charge < -0.3 is 10.6 Å². The molecule has 0 radical (unpaired) electrons. The second-order valence-electron chi connectivity index (χ2n) is 5.77. The van der Waals surface area contributed by atoms with Gasteiger partial charge in [-0.2, -0.15) is 0 Å². The van der Waals surface area contributed by atoms with E-state index in [-0.39, 0.29) is 11.8 Å². The molecule has 2 aliphatic rings. The zero-order chi connectivity index (χ0) is 15.7. The summed E-state index contributed by atoms with van der Waals surface area (Å²) in [5, 5.41) is 6.45. The third-order valence-electron chi connectivity index (χ3n) is 4.16. The number of amides is 2. The van der Waals surface area contributed by atoms with Crippen molar-refractivity contribution in [1.82, 2.24) is 15.5 Å². The Morgan fingerprint density at radius 1 is 1.27 bits per heavy atom. The first kappa shape index (κ1) is 14.6. The maximum atomic E-state index is 12.2. The van der Waals surface area contributed by atoms with Gasteiger partial charge in [-0.3, -0.25) is 19.5 Å². The van der Waals surface area contributed by atoms with E-state index in [0.29, 0.717) is 42.1 Å². The number of carbonyl (C=O) groups is 2. The number of aliphatic imine (C=N–C) groups is 1. The average molecular weight is 300 g/mol. The summed E-state index contributed by atoms with van der Waals surface area (Å²) < 4.78 is 0. The summed E-state index contributed by atoms with van der Waals surface area (Å²) in [5.41, 5.74) is 0.976. The first-order valence-electron chi connectivity index (χ1n) is 7.54. The number of carbonyl (C=O) groups excluding carboxylic acids is 2. The summed E-state index contributed by atoms with van der Waals surface area (Å²) in [6.07, 6.45) is 1.15. The van der Waals surface area contributed by atoms with Crippen LogP contribution in [0.5, 0.6) is 0 Å². The Labute approximate surface area is 129 Å². The Morgan fingerprint density at radius 2 is 1.86 bits per heavy atom. The van der Waals surface area contributed by atoms with E-state index < -0.39 is 0 Å². The molecule has 116 valence electrons. The predicted octanol–water partition coefficient (Wildman–Crippen LogP) is 0.856. The van der Waals surface area contributed by atoms with E-state index in [2.05, 4.69) is 22.5 Å². The van der Waals surface area contributed by atoms with Crippen molar-refractivity contribution in [3.05, 3.63) is 35.4 Å². The van der Waals surface area contributed by atoms with Crippen molar-refractivity contribution in [1.29, 1.82) is 0 Å². The van der Waals surface area contributed by atoms with Gasteiger partial charge in [-0.25, -0.2) is 0 Å². The molecule has 2 unspecified atom stereocenters. The molecule has 1 aliphatic heterocycles. The zero-order valence-corrected chi connectivity index (χ0v) is 12.8. The summed E-state index contributed by atoms with van der Waals surface area (Å²) in [7, 11) is 1.71. The molecule has 1 aromatic carbocycles. The zero-order valence-electron chi connectivity index (χ0n) is 12.8. The fourth-order valence-electron chi connectivity index (χ4n) is 2.62. The molecule has 3 rings (SSSR count). The lowest BCUT2D eigenvalue weighted by molar-refractivity contribution is 0.0657. The van der Waals surface area contributed by atoms with Crippen molar-refractivity contribution in [2.45, 2.75) is 19.4 Å². The summed E-state index contributed by atoms with van der Waals surface area (Å²) in [4.78, 5) is 29.9. The van der Waals surface area contributed by atoms with Gasteiger partial charge in [0.25, 0.3) is 11.8 Å². The predicted molar refractivity (Wildman–Crippen MR) is 83.9 cm³/mol. The van der Waals surface area contributed by atoms with Crippen molar-refractivity contribution < 1.29 is 9.59 Å². The number of rotatable bonds is 4. The monoisotopic (exact) mass is 300 g/mol. The van der Waals surface area contributed by atoms with Gasteiger partial charge in [-0.1, -0.05) is 19.1 Å². The molecule has 1 aliphatic carbocycles. The third kappa shape index (κ3) is 2.68. The fourth-order valence-corrected chi connectivity index (χ4v) is 2.62. The standard InChI is InChI=1S/C16H20N4O2/c1-10-9-13(10)19-16(17-2)18-7-8-20-14(21)11-5-3-4-6-12(11)15(20)22/h3-6,10,13H,7-9H2,1-2H3,(H2,17,18,19). The Kier molecular flexibility index (Phi) is 3.83. The molecule has 0 aromatic heterocycles. The van der Waals surface area contributed by atoms with Crippen molar-refractivity contribution in [2.24, 2.45) is 10.9 Å². The molecule has 1 saturated carbocycles. The Bertz CT molecular complexity index is 606. The number of hydrogen-bond donors (Lipinski definition) is 2. The van der Waals surface area contributed by atoms with E-state index in [1.807, 2.05) is 0 Å². The van der Waals surface area contributed by atoms with Crippen LogP contribution in [0.25, 0.3) is 0 Å². The molecule has 2 N–H and O–H groups in total. The first-order valence-corrected chi connectivity index (χ1v) is 7.54. The van der Waals surface area contributed by atoms with Crippen LogP contribution in [0.3, 0.4) is 0 Å². The van der Waals surface area contributed by atoms with Gasteiger partial charge in [-0.05, 0) is 24.5 Å². The number of guanidine groups is 1. The Morgan fingerprint density at radius 3 is 2.36 bits per heavy atom. The van der Waals surface area contributed by atoms with Crippen LogP contribution in [0, 0.1) is 5.92 Å². The number of imide groups is 1. The van der Waals surface area contributed by atoms with Crippen LogP contribution < -0.4 is 10.6 Å². The Hall–Kier alpha value is -2.37. The molecule has 0 bridgehead atoms. The van der Waals surface area contributed by atoms with Gasteiger partial charge in [0.2, 0.25) is 0 Å². The van der Waals surface area contributed by atoms with Gasteiger partial charge in [0.1, 0.15) is 0 Å². The topological polar surface area (TPSA) is 73.8 Å². The van der Waals surface area contributed by atoms with E-state index in [0.717, 1.165) is 6.42 Å². The van der Waals surface area contributed by atoms with E-state index >= 15 is 0 Å². The molecule has 2 amide bonds. The summed E-state index contributed by atoms with van der Waals surface area (Å²) in [5.74, 6) is 0.947. The molecular weight excluding hydrogens is 280 g/mol. The number of nitrogens with one attached hydrogen (secondary N) is 2. The molecule has 22 heavy (non-hydrogen) atoms. The molecule has 0 saturated heterocycles. The van der Waals surface area contributed by atoms with Crippen LogP contribution in [0.15, 0.2) is 29.3 Å². The highest BCUT2D eigenvalue weighted by Gasteiger charge is 2.35. The highest BCUT2D eigenvalue weighted by atomic mass is 16.2. The van der Waals surface area contributed by atoms with Crippen molar-refractivity contribution in [3.8, 4) is 0 Å². The van der Waals surface area contributed by atoms with E-state index in [1.54, 1.807) is 31.3 Å². The molecule has 1 fully saturated rings. The molecule has 6 nitrogen and oxygen atoms in total. The normalized spacial score (nSPS) is 23.5. The lowest BCUT2D eigenvalue weighted by Gasteiger charge is -2.16. The number of hydrogen-bond acceptors (Lipinski definition) is 3. The summed E-state index contributed by atoms with van der Waals surface area (Å²) in [6.45, 7) is 2.99. The molecular formula is C16H20N4O2. The average Bonchev–Trinajstić information content (AvgIpc) is 3.17. The molecule has 1 aromatic rings. The van der Waals surface area contributed by atoms with Crippen molar-refractivity contribution in [3.63, 3.8) is 0 Å².